The van der Waals surface area contributed by atoms with Crippen LogP contribution in [0.1, 0.15) is 18.1 Å². The topological polar surface area (TPSA) is 84.5 Å². The molecule has 28 heavy (non-hydrogen) atoms. The van der Waals surface area contributed by atoms with Gasteiger partial charge in [-0.25, -0.2) is 9.18 Å². The molecule has 6 nitrogen and oxygen atoms in total. The number of ether oxygens (including phenoxy) is 1. The van der Waals surface area contributed by atoms with Crippen molar-refractivity contribution in [2.24, 2.45) is 0 Å². The second-order valence-corrected chi connectivity index (χ2v) is 6.36. The first-order valence-corrected chi connectivity index (χ1v) is 8.82. The van der Waals surface area contributed by atoms with Crippen LogP contribution >= 0.6 is 0 Å². The van der Waals surface area contributed by atoms with Crippen molar-refractivity contribution < 1.29 is 23.5 Å². The smallest absolute Gasteiger partial charge is 0.328 e. The molecular formula is C21H23FN2O4. The summed E-state index contributed by atoms with van der Waals surface area (Å²) in [5, 5.41) is 5.18. The van der Waals surface area contributed by atoms with Crippen molar-refractivity contribution in [2.75, 3.05) is 7.11 Å². The van der Waals surface area contributed by atoms with E-state index in [0.29, 0.717) is 5.56 Å². The Labute approximate surface area is 163 Å². The van der Waals surface area contributed by atoms with Crippen LogP contribution in [-0.4, -0.2) is 37.0 Å². The molecular weight excluding hydrogens is 363 g/mol. The molecule has 0 saturated carbocycles. The van der Waals surface area contributed by atoms with E-state index in [2.05, 4.69) is 10.6 Å². The molecule has 7 heteroatoms. The van der Waals surface area contributed by atoms with Crippen molar-refractivity contribution >= 4 is 17.8 Å². The number of esters is 1. The van der Waals surface area contributed by atoms with Crippen molar-refractivity contribution in [3.63, 3.8) is 0 Å². The average molecular weight is 386 g/mol. The van der Waals surface area contributed by atoms with Crippen LogP contribution in [0.15, 0.2) is 54.6 Å². The molecule has 148 valence electrons. The zero-order valence-electron chi connectivity index (χ0n) is 15.8. The lowest BCUT2D eigenvalue weighted by molar-refractivity contribution is -0.145. The molecule has 0 saturated heterocycles. The molecule has 2 atom stereocenters. The Morgan fingerprint density at radius 3 is 2.18 bits per heavy atom. The van der Waals surface area contributed by atoms with Gasteiger partial charge in [0.05, 0.1) is 7.11 Å². The fourth-order valence-electron chi connectivity index (χ4n) is 2.81. The lowest BCUT2D eigenvalue weighted by atomic mass is 10.0. The molecule has 0 unspecified atom stereocenters. The highest BCUT2D eigenvalue weighted by atomic mass is 19.1. The maximum absolute atomic E-state index is 13.4. The van der Waals surface area contributed by atoms with Gasteiger partial charge in [-0.15, -0.1) is 0 Å². The number of nitrogens with one attached hydrogen (secondary N) is 2. The molecule has 2 N–H and O–H groups in total. The molecule has 0 heterocycles. The zero-order chi connectivity index (χ0) is 20.5. The van der Waals surface area contributed by atoms with E-state index in [1.165, 1.54) is 32.2 Å². The van der Waals surface area contributed by atoms with E-state index in [-0.39, 0.29) is 12.8 Å². The summed E-state index contributed by atoms with van der Waals surface area (Å²) in [4.78, 5) is 36.4. The fraction of sp³-hybridized carbons (Fsp3) is 0.286. The Morgan fingerprint density at radius 1 is 0.929 bits per heavy atom. The predicted molar refractivity (Wildman–Crippen MR) is 102 cm³/mol. The van der Waals surface area contributed by atoms with E-state index in [4.69, 9.17) is 4.74 Å². The molecule has 0 aromatic heterocycles. The third-order valence-electron chi connectivity index (χ3n) is 4.11. The Morgan fingerprint density at radius 2 is 1.57 bits per heavy atom. The second-order valence-electron chi connectivity index (χ2n) is 6.36. The maximum atomic E-state index is 13.4. The van der Waals surface area contributed by atoms with Crippen molar-refractivity contribution in [2.45, 2.75) is 31.8 Å². The third-order valence-corrected chi connectivity index (χ3v) is 4.11. The molecule has 0 aliphatic carbocycles. The van der Waals surface area contributed by atoms with Gasteiger partial charge in [0, 0.05) is 19.8 Å². The van der Waals surface area contributed by atoms with E-state index < -0.39 is 35.7 Å². The van der Waals surface area contributed by atoms with Crippen LogP contribution in [0.2, 0.25) is 0 Å². The van der Waals surface area contributed by atoms with Gasteiger partial charge in [-0.05, 0) is 23.3 Å². The molecule has 0 aliphatic heterocycles. The minimum Gasteiger partial charge on any atom is -0.467 e. The van der Waals surface area contributed by atoms with Gasteiger partial charge in [0.2, 0.25) is 11.8 Å². The standard InChI is InChI=1S/C21H23FN2O4/c1-14(25)23-18(13-16-9-6-10-17(22)11-16)20(26)24-19(21(27)28-2)12-15-7-4-3-5-8-15/h3-11,18-19H,12-13H2,1-2H3,(H,23,25)(H,24,26)/t18-,19+/m0/s1. The molecule has 2 amide bonds. The van der Waals surface area contributed by atoms with Crippen LogP contribution in [0.3, 0.4) is 0 Å². The molecule has 2 aromatic carbocycles. The number of benzene rings is 2. The van der Waals surface area contributed by atoms with Gasteiger partial charge >= 0.3 is 5.97 Å². The van der Waals surface area contributed by atoms with E-state index >= 15 is 0 Å². The van der Waals surface area contributed by atoms with Crippen LogP contribution < -0.4 is 10.6 Å². The monoisotopic (exact) mass is 386 g/mol. The molecule has 0 radical (unpaired) electrons. The van der Waals surface area contributed by atoms with Crippen LogP contribution in [-0.2, 0) is 32.0 Å². The summed E-state index contributed by atoms with van der Waals surface area (Å²) in [5.41, 5.74) is 1.39. The number of carbonyl (C=O) groups excluding carboxylic acids is 3. The van der Waals surface area contributed by atoms with Crippen LogP contribution in [0.4, 0.5) is 4.39 Å². The first-order valence-electron chi connectivity index (χ1n) is 8.82. The highest BCUT2D eigenvalue weighted by molar-refractivity contribution is 5.90. The number of hydrogen-bond donors (Lipinski definition) is 2. The summed E-state index contributed by atoms with van der Waals surface area (Å²) < 4.78 is 18.2. The van der Waals surface area contributed by atoms with Crippen LogP contribution in [0, 0.1) is 5.82 Å². The van der Waals surface area contributed by atoms with Gasteiger partial charge in [0.25, 0.3) is 0 Å². The first kappa shape index (κ1) is 21.1. The highest BCUT2D eigenvalue weighted by Crippen LogP contribution is 2.09. The van der Waals surface area contributed by atoms with Gasteiger partial charge in [0.15, 0.2) is 0 Å². The second kappa shape index (κ2) is 10.2. The fourth-order valence-corrected chi connectivity index (χ4v) is 2.81. The first-order chi connectivity index (χ1) is 13.4. The van der Waals surface area contributed by atoms with Crippen LogP contribution in [0.25, 0.3) is 0 Å². The number of methoxy groups -OCH3 is 1. The number of halogens is 1. The summed E-state index contributed by atoms with van der Waals surface area (Å²) in [7, 11) is 1.24. The average Bonchev–Trinajstić information content (AvgIpc) is 2.66. The van der Waals surface area contributed by atoms with Crippen LogP contribution in [0.5, 0.6) is 0 Å². The largest absolute Gasteiger partial charge is 0.467 e. The van der Waals surface area contributed by atoms with E-state index in [1.807, 2.05) is 30.3 Å². The number of rotatable bonds is 8. The Bertz CT molecular complexity index is 826. The number of carbonyl (C=O) groups is 3. The van der Waals surface area contributed by atoms with Crippen molar-refractivity contribution in [1.29, 1.82) is 0 Å². The normalized spacial score (nSPS) is 12.5. The van der Waals surface area contributed by atoms with Gasteiger partial charge < -0.3 is 15.4 Å². The van der Waals surface area contributed by atoms with Gasteiger partial charge in [0.1, 0.15) is 17.9 Å². The molecule has 0 spiro atoms. The predicted octanol–water partition coefficient (Wildman–Crippen LogP) is 1.77. The summed E-state index contributed by atoms with van der Waals surface area (Å²) in [5.74, 6) is -1.99. The van der Waals surface area contributed by atoms with E-state index in [1.54, 1.807) is 6.07 Å². The molecule has 2 rings (SSSR count). The van der Waals surface area contributed by atoms with Gasteiger partial charge in [-0.2, -0.15) is 0 Å². The number of hydrogen-bond acceptors (Lipinski definition) is 4. The van der Waals surface area contributed by atoms with Crippen molar-refractivity contribution in [1.82, 2.24) is 10.6 Å². The lowest BCUT2D eigenvalue weighted by Crippen LogP contribution is -2.53. The summed E-state index contributed by atoms with van der Waals surface area (Å²) in [6, 6.07) is 13.1. The quantitative estimate of drug-likeness (QED) is 0.678. The zero-order valence-corrected chi connectivity index (χ0v) is 15.8. The minimum atomic E-state index is -0.956. The molecule has 0 bridgehead atoms. The highest BCUT2D eigenvalue weighted by Gasteiger charge is 2.27. The van der Waals surface area contributed by atoms with Crippen molar-refractivity contribution in [3.8, 4) is 0 Å². The molecule has 0 aliphatic rings. The summed E-state index contributed by atoms with van der Waals surface area (Å²) in [6.07, 6.45) is 0.328. The molecule has 2 aromatic rings. The van der Waals surface area contributed by atoms with Crippen molar-refractivity contribution in [3.05, 3.63) is 71.5 Å². The summed E-state index contributed by atoms with van der Waals surface area (Å²) in [6.45, 7) is 1.29. The van der Waals surface area contributed by atoms with E-state index in [0.717, 1.165) is 5.56 Å². The summed E-state index contributed by atoms with van der Waals surface area (Å²) >= 11 is 0. The lowest BCUT2D eigenvalue weighted by Gasteiger charge is -2.22. The minimum absolute atomic E-state index is 0.0857. The van der Waals surface area contributed by atoms with Gasteiger partial charge in [-0.1, -0.05) is 42.5 Å². The van der Waals surface area contributed by atoms with Gasteiger partial charge in [-0.3, -0.25) is 9.59 Å². The Kier molecular flexibility index (Phi) is 7.68. The SMILES string of the molecule is COC(=O)[C@@H](Cc1ccccc1)NC(=O)[C@H](Cc1cccc(F)c1)NC(C)=O. The third kappa shape index (κ3) is 6.50. The molecule has 0 fully saturated rings. The Hall–Kier alpha value is -3.22. The maximum Gasteiger partial charge on any atom is 0.328 e. The number of amides is 2. The van der Waals surface area contributed by atoms with E-state index in [9.17, 15) is 18.8 Å². The Balaban J connectivity index is 2.15.